The fourth-order valence-electron chi connectivity index (χ4n) is 6.10. The summed E-state index contributed by atoms with van der Waals surface area (Å²) < 4.78 is 5.67. The number of carbonyl (C=O) groups is 2. The Hall–Kier alpha value is -4.21. The average molecular weight is 574 g/mol. The molecule has 0 bridgehead atoms. The summed E-state index contributed by atoms with van der Waals surface area (Å²) in [6.45, 7) is 9.55. The third-order valence-corrected chi connectivity index (χ3v) is 8.15. The van der Waals surface area contributed by atoms with Crippen molar-refractivity contribution in [2.45, 2.75) is 70.9 Å². The Morgan fingerprint density at radius 3 is 2.48 bits per heavy atom. The first-order valence-electron chi connectivity index (χ1n) is 14.7. The molecule has 0 N–H and O–H groups in total. The lowest BCUT2D eigenvalue weighted by Gasteiger charge is -2.42. The summed E-state index contributed by atoms with van der Waals surface area (Å²) in [5.74, 6) is 0.741. The number of urea groups is 1. The third-order valence-electron chi connectivity index (χ3n) is 8.15. The van der Waals surface area contributed by atoms with E-state index in [9.17, 15) is 19.7 Å². The molecule has 2 fully saturated rings. The summed E-state index contributed by atoms with van der Waals surface area (Å²) in [5.41, 5.74) is 1.43. The first kappa shape index (κ1) is 29.3. The number of piperidine rings is 2. The van der Waals surface area contributed by atoms with Crippen LogP contribution in [0.3, 0.4) is 0 Å². The van der Waals surface area contributed by atoms with Crippen LogP contribution in [0.25, 0.3) is 10.8 Å². The minimum atomic E-state index is -0.614. The number of nitro groups is 1. The van der Waals surface area contributed by atoms with Crippen LogP contribution in [0, 0.1) is 17.0 Å². The Bertz CT molecular complexity index is 1470. The number of anilines is 1. The number of pyridine rings is 1. The van der Waals surface area contributed by atoms with Gasteiger partial charge in [-0.1, -0.05) is 30.3 Å². The number of hydrogen-bond acceptors (Lipinski definition) is 6. The highest BCUT2D eigenvalue weighted by atomic mass is 16.6. The normalized spacial score (nSPS) is 18.1. The first-order valence-corrected chi connectivity index (χ1v) is 14.7. The molecule has 3 aromatic rings. The fraction of sp³-hybridized carbons (Fsp3) is 0.469. The highest BCUT2D eigenvalue weighted by Crippen LogP contribution is 2.35. The third kappa shape index (κ3) is 6.32. The van der Waals surface area contributed by atoms with Crippen molar-refractivity contribution in [2.75, 3.05) is 31.1 Å². The van der Waals surface area contributed by atoms with Gasteiger partial charge in [-0.05, 0) is 81.9 Å². The second kappa shape index (κ2) is 12.0. The molecule has 0 unspecified atom stereocenters. The Morgan fingerprint density at radius 2 is 1.76 bits per heavy atom. The minimum Gasteiger partial charge on any atom is -0.444 e. The predicted molar refractivity (Wildman–Crippen MR) is 162 cm³/mol. The molecule has 2 aliphatic heterocycles. The zero-order valence-electron chi connectivity index (χ0n) is 24.8. The molecule has 0 radical (unpaired) electrons. The van der Waals surface area contributed by atoms with Gasteiger partial charge in [0.1, 0.15) is 11.4 Å². The van der Waals surface area contributed by atoms with Gasteiger partial charge >= 0.3 is 12.1 Å². The number of aryl methyl sites for hydroxylation is 1. The lowest BCUT2D eigenvalue weighted by atomic mass is 9.89. The molecule has 10 nitrogen and oxygen atoms in total. The second-order valence-corrected chi connectivity index (χ2v) is 12.3. The maximum absolute atomic E-state index is 14.4. The number of likely N-dealkylation sites (tertiary alicyclic amines) is 2. The van der Waals surface area contributed by atoms with Crippen molar-refractivity contribution in [3.63, 3.8) is 0 Å². The number of non-ortho nitro benzene ring substituents is 1. The van der Waals surface area contributed by atoms with Gasteiger partial charge in [0.05, 0.1) is 11.0 Å². The molecular formula is C32H39N5O5. The molecule has 0 saturated carbocycles. The van der Waals surface area contributed by atoms with E-state index in [0.717, 1.165) is 34.7 Å². The topological polar surface area (TPSA) is 109 Å². The molecule has 0 aliphatic carbocycles. The molecule has 42 heavy (non-hydrogen) atoms. The Morgan fingerprint density at radius 1 is 1.02 bits per heavy atom. The summed E-state index contributed by atoms with van der Waals surface area (Å²) in [6, 6.07) is 14.4. The maximum Gasteiger partial charge on any atom is 0.410 e. The van der Waals surface area contributed by atoms with E-state index in [1.165, 1.54) is 6.07 Å². The van der Waals surface area contributed by atoms with Gasteiger partial charge in [0.25, 0.3) is 5.69 Å². The largest absolute Gasteiger partial charge is 0.444 e. The number of amides is 3. The molecule has 1 atom stereocenters. The van der Waals surface area contributed by atoms with Crippen molar-refractivity contribution >= 4 is 34.4 Å². The quantitative estimate of drug-likeness (QED) is 0.255. The van der Waals surface area contributed by atoms with Crippen LogP contribution in [-0.2, 0) is 4.74 Å². The van der Waals surface area contributed by atoms with Gasteiger partial charge in [-0.3, -0.25) is 15.0 Å². The number of hydrogen-bond donors (Lipinski definition) is 0. The lowest BCUT2D eigenvalue weighted by Crippen LogP contribution is -2.56. The van der Waals surface area contributed by atoms with Crippen LogP contribution in [0.2, 0.25) is 0 Å². The van der Waals surface area contributed by atoms with Gasteiger partial charge in [0.15, 0.2) is 0 Å². The van der Waals surface area contributed by atoms with Crippen molar-refractivity contribution in [3.8, 4) is 0 Å². The zero-order valence-corrected chi connectivity index (χ0v) is 24.8. The van der Waals surface area contributed by atoms with E-state index in [2.05, 4.69) is 0 Å². The molecule has 2 aliphatic rings. The van der Waals surface area contributed by atoms with Crippen LogP contribution in [0.4, 0.5) is 21.1 Å². The van der Waals surface area contributed by atoms with Gasteiger partial charge in [-0.2, -0.15) is 0 Å². The molecule has 222 valence electrons. The van der Waals surface area contributed by atoms with Crippen molar-refractivity contribution in [1.82, 2.24) is 14.8 Å². The number of rotatable bonds is 4. The number of aromatic nitrogens is 1. The van der Waals surface area contributed by atoms with E-state index in [4.69, 9.17) is 9.72 Å². The number of ether oxygens (including phenoxy) is 1. The van der Waals surface area contributed by atoms with Crippen LogP contribution >= 0.6 is 0 Å². The molecule has 0 spiro atoms. The molecule has 2 aromatic carbocycles. The highest BCUT2D eigenvalue weighted by Gasteiger charge is 2.38. The van der Waals surface area contributed by atoms with Gasteiger partial charge < -0.3 is 14.5 Å². The SMILES string of the molecule is Cc1cccc2ccnc(N(C(=O)N3CCC(c4cccc([N+](=O)[O-])c4)CC3)[C@@H]3CCCN(C(=O)OC(C)(C)C)C3)c12. The summed E-state index contributed by atoms with van der Waals surface area (Å²) in [5, 5.41) is 13.2. The van der Waals surface area contributed by atoms with Crippen LogP contribution in [0.15, 0.2) is 54.7 Å². The maximum atomic E-state index is 14.4. The lowest BCUT2D eigenvalue weighted by molar-refractivity contribution is -0.384. The van der Waals surface area contributed by atoms with E-state index in [0.29, 0.717) is 44.8 Å². The average Bonchev–Trinajstić information content (AvgIpc) is 2.97. The molecule has 3 amide bonds. The fourth-order valence-corrected chi connectivity index (χ4v) is 6.10. The molecule has 1 aromatic heterocycles. The van der Waals surface area contributed by atoms with Crippen molar-refractivity contribution < 1.29 is 19.2 Å². The Balaban J connectivity index is 1.43. The van der Waals surface area contributed by atoms with Crippen LogP contribution < -0.4 is 4.90 Å². The number of nitro benzene ring substituents is 1. The van der Waals surface area contributed by atoms with E-state index in [1.807, 2.05) is 62.9 Å². The van der Waals surface area contributed by atoms with Gasteiger partial charge in [-0.15, -0.1) is 0 Å². The number of benzene rings is 2. The number of fused-ring (bicyclic) bond motifs is 1. The van der Waals surface area contributed by atoms with Gasteiger partial charge in [0.2, 0.25) is 0 Å². The van der Waals surface area contributed by atoms with E-state index in [1.54, 1.807) is 28.1 Å². The number of nitrogens with zero attached hydrogens (tertiary/aromatic N) is 5. The molecule has 2 saturated heterocycles. The summed E-state index contributed by atoms with van der Waals surface area (Å²) in [7, 11) is 0. The highest BCUT2D eigenvalue weighted by molar-refractivity contribution is 6.03. The van der Waals surface area contributed by atoms with Crippen molar-refractivity contribution in [2.24, 2.45) is 0 Å². The molecule has 3 heterocycles. The van der Waals surface area contributed by atoms with Gasteiger partial charge in [-0.25, -0.2) is 14.6 Å². The summed E-state index contributed by atoms with van der Waals surface area (Å²) in [6.07, 6.45) is 4.25. The number of carbonyl (C=O) groups excluding carboxylic acids is 2. The van der Waals surface area contributed by atoms with E-state index < -0.39 is 5.60 Å². The second-order valence-electron chi connectivity index (χ2n) is 12.3. The van der Waals surface area contributed by atoms with E-state index in [-0.39, 0.29) is 34.7 Å². The predicted octanol–water partition coefficient (Wildman–Crippen LogP) is 6.66. The zero-order chi connectivity index (χ0) is 30.0. The summed E-state index contributed by atoms with van der Waals surface area (Å²) >= 11 is 0. The summed E-state index contributed by atoms with van der Waals surface area (Å²) in [4.78, 5) is 48.5. The van der Waals surface area contributed by atoms with Crippen LogP contribution in [-0.4, -0.2) is 69.7 Å². The monoisotopic (exact) mass is 573 g/mol. The molecular weight excluding hydrogens is 534 g/mol. The Kier molecular flexibility index (Phi) is 8.34. The smallest absolute Gasteiger partial charge is 0.410 e. The molecule has 5 rings (SSSR count). The van der Waals surface area contributed by atoms with Crippen LogP contribution in [0.1, 0.15) is 63.5 Å². The van der Waals surface area contributed by atoms with E-state index >= 15 is 0 Å². The first-order chi connectivity index (χ1) is 20.0. The Labute approximate surface area is 246 Å². The van der Waals surface area contributed by atoms with Crippen molar-refractivity contribution in [1.29, 1.82) is 0 Å². The van der Waals surface area contributed by atoms with Gasteiger partial charge in [0, 0.05) is 49.9 Å². The molecule has 10 heteroatoms. The minimum absolute atomic E-state index is 0.0846. The standard InChI is InChI=1S/C32H39N5O5/c1-22-8-5-9-24-13-16-33-29(28(22)24)36(27-12-7-17-35(21-27)31(39)42-32(2,3)4)30(38)34-18-14-23(15-19-34)25-10-6-11-26(20-25)37(40)41/h5-6,8-11,13,16,20,23,27H,7,12,14-15,17-19,21H2,1-4H3/t27-/m1/s1. The van der Waals surface area contributed by atoms with Crippen LogP contribution in [0.5, 0.6) is 0 Å². The van der Waals surface area contributed by atoms with Crippen molar-refractivity contribution in [3.05, 3.63) is 76.0 Å².